The molecule has 0 spiro atoms. The number of hydrogen-bond acceptors (Lipinski definition) is 6. The van der Waals surface area contributed by atoms with Crippen LogP contribution in [0, 0.1) is 74.1 Å². The van der Waals surface area contributed by atoms with Gasteiger partial charge in [-0.05, 0) is 72.8 Å². The summed E-state index contributed by atoms with van der Waals surface area (Å²) >= 11 is 0. The Morgan fingerprint density at radius 3 is 1.19 bits per heavy atom. The minimum atomic E-state index is -0.000523. The van der Waals surface area contributed by atoms with Crippen molar-refractivity contribution in [2.75, 3.05) is 40.6 Å². The molecule has 2 aromatic heterocycles. The highest BCUT2D eigenvalue weighted by atomic mass is 16.5. The summed E-state index contributed by atoms with van der Waals surface area (Å²) in [5.41, 5.74) is 6.06. The largest absolute Gasteiger partial charge is 0.497 e. The van der Waals surface area contributed by atoms with Crippen LogP contribution in [0.25, 0.3) is 65.9 Å². The molecule has 0 bridgehead atoms. The van der Waals surface area contributed by atoms with Crippen molar-refractivity contribution in [1.29, 1.82) is 0 Å². The van der Waals surface area contributed by atoms with Crippen LogP contribution in [0.15, 0.2) is 72.8 Å². The summed E-state index contributed by atoms with van der Waals surface area (Å²) in [5, 5.41) is 3.28. The highest BCUT2D eigenvalue weighted by molar-refractivity contribution is 6.33. The molecule has 0 radical (unpaired) electrons. The van der Waals surface area contributed by atoms with Crippen LogP contribution in [-0.4, -0.2) is 49.8 Å². The third kappa shape index (κ3) is 6.63. The fourth-order valence-electron chi connectivity index (χ4n) is 7.55. The number of fused-ring (bicyclic) bond motifs is 6. The minimum Gasteiger partial charge on any atom is -0.497 e. The lowest BCUT2D eigenvalue weighted by Crippen LogP contribution is -2.04. The summed E-state index contributed by atoms with van der Waals surface area (Å²) in [4.78, 5) is 0. The second-order valence-corrected chi connectivity index (χ2v) is 12.8. The monoisotopic (exact) mass is 760 g/mol. The molecule has 282 valence electrons. The lowest BCUT2D eigenvalue weighted by Gasteiger charge is -2.21. The Balaban J connectivity index is 1.87. The molecule has 0 N–H and O–H groups in total. The first-order chi connectivity index (χ1) is 28.5. The van der Waals surface area contributed by atoms with Crippen molar-refractivity contribution in [2.24, 2.45) is 0 Å². The van der Waals surface area contributed by atoms with E-state index in [4.69, 9.17) is 67.0 Å². The third-order valence-electron chi connectivity index (χ3n) is 9.72. The highest BCUT2D eigenvalue weighted by Gasteiger charge is 2.31. The van der Waals surface area contributed by atoms with E-state index in [-0.39, 0.29) is 39.5 Å². The molecule has 7 aromatic rings. The Hall–Kier alpha value is -8.14. The molecular formula is C50H36N2O6. The standard InChI is InChI=1S/C50H36N2O6/c1-9-23-51-41-19-15-33(53-7)29-37(41)45-48(40-32-36(56-26-12-4)18-22-44(40)58-28-14-6)50-46(38-30-34(54-8)16-20-42(38)52(50)24-10-2)47(49(45)51)39-31-35(55-25-11-3)17-21-43(39)57-27-13-5/h1-6,15-22,29-32H,23-28H2,7-8H3. The van der Waals surface area contributed by atoms with Crippen LogP contribution in [0.3, 0.4) is 0 Å². The van der Waals surface area contributed by atoms with Gasteiger partial charge in [-0.3, -0.25) is 0 Å². The van der Waals surface area contributed by atoms with E-state index in [0.29, 0.717) is 45.6 Å². The summed E-state index contributed by atoms with van der Waals surface area (Å²) in [6, 6.07) is 22.8. The summed E-state index contributed by atoms with van der Waals surface area (Å²) in [6.45, 7) is 0.468. The van der Waals surface area contributed by atoms with Gasteiger partial charge in [0.2, 0.25) is 0 Å². The molecule has 0 unspecified atom stereocenters. The predicted molar refractivity (Wildman–Crippen MR) is 231 cm³/mol. The molecular weight excluding hydrogens is 725 g/mol. The van der Waals surface area contributed by atoms with Gasteiger partial charge in [0.25, 0.3) is 0 Å². The first kappa shape index (κ1) is 38.1. The quantitative estimate of drug-likeness (QED) is 0.104. The van der Waals surface area contributed by atoms with Gasteiger partial charge in [-0.15, -0.1) is 38.5 Å². The lowest BCUT2D eigenvalue weighted by atomic mass is 9.89. The van der Waals surface area contributed by atoms with Gasteiger partial charge in [0.05, 0.1) is 49.4 Å². The van der Waals surface area contributed by atoms with Gasteiger partial charge in [-0.2, -0.15) is 0 Å². The smallest absolute Gasteiger partial charge is 0.148 e. The number of terminal acetylenes is 6. The minimum absolute atomic E-state index is 0.000523. The van der Waals surface area contributed by atoms with E-state index in [1.807, 2.05) is 60.7 Å². The van der Waals surface area contributed by atoms with Crippen LogP contribution in [0.4, 0.5) is 0 Å². The number of rotatable bonds is 14. The highest BCUT2D eigenvalue weighted by Crippen LogP contribution is 2.54. The summed E-state index contributed by atoms with van der Waals surface area (Å²) in [6.07, 6.45) is 35.2. The second-order valence-electron chi connectivity index (χ2n) is 12.8. The molecule has 0 amide bonds. The van der Waals surface area contributed by atoms with E-state index >= 15 is 0 Å². The molecule has 5 aromatic carbocycles. The van der Waals surface area contributed by atoms with Crippen LogP contribution in [0.5, 0.6) is 34.5 Å². The second kappa shape index (κ2) is 16.7. The zero-order chi connectivity index (χ0) is 40.8. The molecule has 0 atom stereocenters. The van der Waals surface area contributed by atoms with Crippen LogP contribution < -0.4 is 28.4 Å². The molecule has 0 aliphatic rings. The van der Waals surface area contributed by atoms with Crippen molar-refractivity contribution < 1.29 is 28.4 Å². The SMILES string of the molecule is C#CCOc1ccc(OCC#C)c(-c2c3c4cc(OC)ccc4n(CC#C)c3c(-c3cc(OCC#C)ccc3OCC#C)c3c4cc(OC)ccc4n(CC#C)c23)c1. The van der Waals surface area contributed by atoms with Crippen LogP contribution >= 0.6 is 0 Å². The third-order valence-corrected chi connectivity index (χ3v) is 9.72. The maximum absolute atomic E-state index is 6.31. The van der Waals surface area contributed by atoms with Gasteiger partial charge >= 0.3 is 0 Å². The van der Waals surface area contributed by atoms with Crippen LogP contribution in [0.1, 0.15) is 0 Å². The first-order valence-electron chi connectivity index (χ1n) is 18.0. The fraction of sp³-hybridized carbons (Fsp3) is 0.160. The van der Waals surface area contributed by atoms with Gasteiger partial charge in [0.15, 0.2) is 0 Å². The average Bonchev–Trinajstić information content (AvgIpc) is 3.74. The number of hydrogen-bond donors (Lipinski definition) is 0. The van der Waals surface area contributed by atoms with E-state index in [2.05, 4.69) is 44.7 Å². The fourth-order valence-corrected chi connectivity index (χ4v) is 7.55. The van der Waals surface area contributed by atoms with Gasteiger partial charge in [-0.1, -0.05) is 35.5 Å². The molecule has 7 rings (SSSR count). The van der Waals surface area contributed by atoms with Gasteiger partial charge in [-0.25, -0.2) is 0 Å². The Bertz CT molecular complexity index is 2810. The zero-order valence-electron chi connectivity index (χ0n) is 32.0. The molecule has 0 fully saturated rings. The number of nitrogens with zero attached hydrogens (tertiary/aromatic N) is 2. The molecule has 2 heterocycles. The topological polar surface area (TPSA) is 65.2 Å². The van der Waals surface area contributed by atoms with Crippen molar-refractivity contribution in [3.8, 4) is 131 Å². The van der Waals surface area contributed by atoms with E-state index in [0.717, 1.165) is 54.7 Å². The number of ether oxygens (including phenoxy) is 6. The lowest BCUT2D eigenvalue weighted by molar-refractivity contribution is 0.361. The van der Waals surface area contributed by atoms with Crippen LogP contribution in [-0.2, 0) is 13.1 Å². The maximum atomic E-state index is 6.31. The Morgan fingerprint density at radius 2 is 0.828 bits per heavy atom. The summed E-state index contributed by atoms with van der Waals surface area (Å²) in [5.74, 6) is 19.4. The molecule has 0 aliphatic carbocycles. The molecule has 58 heavy (non-hydrogen) atoms. The predicted octanol–water partition coefficient (Wildman–Crippen LogP) is 8.57. The number of methoxy groups -OCH3 is 2. The van der Waals surface area contributed by atoms with E-state index in [1.165, 1.54) is 0 Å². The normalized spacial score (nSPS) is 10.6. The molecule has 0 saturated carbocycles. The number of benzene rings is 5. The zero-order valence-corrected chi connectivity index (χ0v) is 32.0. The average molecular weight is 761 g/mol. The van der Waals surface area contributed by atoms with Crippen molar-refractivity contribution >= 4 is 43.6 Å². The molecule has 0 saturated heterocycles. The van der Waals surface area contributed by atoms with Gasteiger partial charge in [0.1, 0.15) is 60.9 Å². The van der Waals surface area contributed by atoms with Crippen molar-refractivity contribution in [3.63, 3.8) is 0 Å². The molecule has 0 aliphatic heterocycles. The van der Waals surface area contributed by atoms with Gasteiger partial charge < -0.3 is 37.6 Å². The maximum Gasteiger partial charge on any atom is 0.148 e. The van der Waals surface area contributed by atoms with E-state index < -0.39 is 0 Å². The Morgan fingerprint density at radius 1 is 0.448 bits per heavy atom. The van der Waals surface area contributed by atoms with E-state index in [9.17, 15) is 0 Å². The molecule has 8 heteroatoms. The number of aromatic nitrogens is 2. The van der Waals surface area contributed by atoms with Crippen LogP contribution in [0.2, 0.25) is 0 Å². The Labute approximate surface area is 337 Å². The van der Waals surface area contributed by atoms with Gasteiger partial charge in [0, 0.05) is 43.8 Å². The van der Waals surface area contributed by atoms with E-state index in [1.54, 1.807) is 26.4 Å². The van der Waals surface area contributed by atoms with Crippen molar-refractivity contribution in [3.05, 3.63) is 72.8 Å². The summed E-state index contributed by atoms with van der Waals surface area (Å²) in [7, 11) is 3.25. The summed E-state index contributed by atoms with van der Waals surface area (Å²) < 4.78 is 40.6. The first-order valence-corrected chi connectivity index (χ1v) is 18.0. The van der Waals surface area contributed by atoms with Crippen molar-refractivity contribution in [2.45, 2.75) is 13.1 Å². The van der Waals surface area contributed by atoms with Crippen molar-refractivity contribution in [1.82, 2.24) is 9.13 Å². The molecule has 8 nitrogen and oxygen atoms in total. The Kier molecular flexibility index (Phi) is 11.0.